The first kappa shape index (κ1) is 15.0. The van der Waals surface area contributed by atoms with E-state index in [0.29, 0.717) is 11.4 Å². The van der Waals surface area contributed by atoms with Gasteiger partial charge < -0.3 is 23.7 Å². The summed E-state index contributed by atoms with van der Waals surface area (Å²) in [7, 11) is 1.91. The van der Waals surface area contributed by atoms with Crippen LogP contribution in [0.3, 0.4) is 0 Å². The zero-order valence-corrected chi connectivity index (χ0v) is 12.3. The van der Waals surface area contributed by atoms with Crippen LogP contribution in [0.15, 0.2) is 24.3 Å². The van der Waals surface area contributed by atoms with Gasteiger partial charge in [-0.15, -0.1) is 0 Å². The van der Waals surface area contributed by atoms with Crippen molar-refractivity contribution in [3.05, 3.63) is 24.3 Å². The molecule has 1 aromatic rings. The van der Waals surface area contributed by atoms with Crippen molar-refractivity contribution >= 4 is 14.5 Å². The predicted molar refractivity (Wildman–Crippen MR) is 72.3 cm³/mol. The van der Waals surface area contributed by atoms with Crippen LogP contribution < -0.4 is 10.5 Å². The van der Waals surface area contributed by atoms with Gasteiger partial charge in [0.1, 0.15) is 5.75 Å². The van der Waals surface area contributed by atoms with Gasteiger partial charge in [0.05, 0.1) is 0 Å². The molecule has 18 heavy (non-hydrogen) atoms. The van der Waals surface area contributed by atoms with Crippen molar-refractivity contribution in [1.82, 2.24) is 0 Å². The molecule has 1 rings (SSSR count). The minimum Gasteiger partial charge on any atom is -0.486 e. The fourth-order valence-corrected chi connectivity index (χ4v) is 3.87. The third-order valence-electron chi connectivity index (χ3n) is 2.76. The predicted octanol–water partition coefficient (Wildman–Crippen LogP) is 1.84. The highest BCUT2D eigenvalue weighted by molar-refractivity contribution is 6.62. The van der Waals surface area contributed by atoms with Gasteiger partial charge in [-0.1, -0.05) is 13.0 Å². The SMILES string of the molecule is CCC(Oc1cccc(N)c1)[Si](OC)(OC)OC. The first-order valence-corrected chi connectivity index (χ1v) is 7.59. The van der Waals surface area contributed by atoms with Crippen LogP contribution in [0.25, 0.3) is 0 Å². The maximum Gasteiger partial charge on any atom is 0.543 e. The van der Waals surface area contributed by atoms with E-state index in [9.17, 15) is 0 Å². The molecule has 0 heterocycles. The van der Waals surface area contributed by atoms with Crippen molar-refractivity contribution in [3.63, 3.8) is 0 Å². The summed E-state index contributed by atoms with van der Waals surface area (Å²) in [5, 5.41) is 0. The summed E-state index contributed by atoms with van der Waals surface area (Å²) in [5.41, 5.74) is 6.11. The van der Waals surface area contributed by atoms with E-state index in [-0.39, 0.29) is 5.73 Å². The van der Waals surface area contributed by atoms with Crippen molar-refractivity contribution in [1.29, 1.82) is 0 Å². The molecule has 5 nitrogen and oxygen atoms in total. The van der Waals surface area contributed by atoms with E-state index in [4.69, 9.17) is 23.7 Å². The Morgan fingerprint density at radius 3 is 2.22 bits per heavy atom. The lowest BCUT2D eigenvalue weighted by atomic mass is 10.3. The monoisotopic (exact) mass is 271 g/mol. The van der Waals surface area contributed by atoms with Crippen molar-refractivity contribution in [2.24, 2.45) is 0 Å². The van der Waals surface area contributed by atoms with Gasteiger partial charge in [-0.25, -0.2) is 0 Å². The Bertz CT molecular complexity index is 363. The van der Waals surface area contributed by atoms with Gasteiger partial charge in [-0.3, -0.25) is 0 Å². The molecule has 0 aromatic heterocycles. The van der Waals surface area contributed by atoms with Gasteiger partial charge in [-0.2, -0.15) is 0 Å². The summed E-state index contributed by atoms with van der Waals surface area (Å²) in [4.78, 5) is 0. The van der Waals surface area contributed by atoms with E-state index >= 15 is 0 Å². The zero-order valence-electron chi connectivity index (χ0n) is 11.3. The van der Waals surface area contributed by atoms with Crippen LogP contribution in [0.4, 0.5) is 5.69 Å². The van der Waals surface area contributed by atoms with Crippen molar-refractivity contribution in [3.8, 4) is 5.75 Å². The van der Waals surface area contributed by atoms with E-state index in [1.165, 1.54) is 0 Å². The van der Waals surface area contributed by atoms with Crippen molar-refractivity contribution in [2.45, 2.75) is 19.1 Å². The second kappa shape index (κ2) is 6.74. The Hall–Kier alpha value is -1.08. The normalized spacial score (nSPS) is 13.3. The fraction of sp³-hybridized carbons (Fsp3) is 0.500. The largest absolute Gasteiger partial charge is 0.543 e. The van der Waals surface area contributed by atoms with Gasteiger partial charge in [0, 0.05) is 33.1 Å². The number of nitrogen functional groups attached to an aromatic ring is 1. The standard InChI is InChI=1S/C12H21NO4Si/c1-5-12(18(14-2,15-3)16-4)17-11-8-6-7-10(13)9-11/h6-9,12H,5,13H2,1-4H3. The summed E-state index contributed by atoms with van der Waals surface area (Å²) in [6.45, 7) is 2.00. The summed E-state index contributed by atoms with van der Waals surface area (Å²) >= 11 is 0. The van der Waals surface area contributed by atoms with Crippen LogP contribution >= 0.6 is 0 Å². The third kappa shape index (κ3) is 3.23. The molecule has 0 fully saturated rings. The lowest BCUT2D eigenvalue weighted by Crippen LogP contribution is -2.56. The van der Waals surface area contributed by atoms with Crippen molar-refractivity contribution in [2.75, 3.05) is 27.1 Å². The van der Waals surface area contributed by atoms with Crippen LogP contribution in [-0.4, -0.2) is 35.9 Å². The maximum atomic E-state index is 5.89. The van der Waals surface area contributed by atoms with E-state index in [1.54, 1.807) is 33.5 Å². The molecule has 0 aliphatic heterocycles. The smallest absolute Gasteiger partial charge is 0.486 e. The van der Waals surface area contributed by atoms with Crippen LogP contribution in [-0.2, 0) is 13.3 Å². The van der Waals surface area contributed by atoms with Crippen LogP contribution in [0.1, 0.15) is 13.3 Å². The molecule has 0 bridgehead atoms. The molecule has 2 N–H and O–H groups in total. The molecule has 0 aliphatic carbocycles. The number of nitrogens with two attached hydrogens (primary N) is 1. The lowest BCUT2D eigenvalue weighted by molar-refractivity contribution is 0.0666. The van der Waals surface area contributed by atoms with Gasteiger partial charge in [-0.05, 0) is 18.6 Å². The number of anilines is 1. The summed E-state index contributed by atoms with van der Waals surface area (Å²) in [5.74, 6) is 0.685. The third-order valence-corrected chi connectivity index (χ3v) is 5.78. The summed E-state index contributed by atoms with van der Waals surface area (Å²) in [6.07, 6.45) is 0.719. The average Bonchev–Trinajstić information content (AvgIpc) is 2.40. The molecule has 0 saturated heterocycles. The Morgan fingerprint density at radius 2 is 1.78 bits per heavy atom. The minimum atomic E-state index is -2.81. The Labute approximate surface area is 109 Å². The number of benzene rings is 1. The molecule has 0 saturated carbocycles. The molecule has 0 spiro atoms. The Kier molecular flexibility index (Phi) is 5.61. The maximum absolute atomic E-state index is 5.89. The fourth-order valence-electron chi connectivity index (χ4n) is 1.80. The van der Waals surface area contributed by atoms with E-state index in [1.807, 2.05) is 19.1 Å². The first-order valence-electron chi connectivity index (χ1n) is 5.79. The van der Waals surface area contributed by atoms with E-state index < -0.39 is 8.80 Å². The van der Waals surface area contributed by atoms with E-state index in [0.717, 1.165) is 6.42 Å². The minimum absolute atomic E-state index is 0.265. The van der Waals surface area contributed by atoms with Crippen LogP contribution in [0.2, 0.25) is 0 Å². The molecule has 1 atom stereocenters. The second-order valence-electron chi connectivity index (χ2n) is 3.80. The molecule has 6 heteroatoms. The molecule has 1 unspecified atom stereocenters. The molecule has 1 aromatic carbocycles. The summed E-state index contributed by atoms with van der Waals surface area (Å²) in [6, 6.07) is 7.26. The summed E-state index contributed by atoms with van der Waals surface area (Å²) < 4.78 is 22.2. The molecule has 0 radical (unpaired) electrons. The quantitative estimate of drug-likeness (QED) is 0.605. The molecule has 0 amide bonds. The Morgan fingerprint density at radius 1 is 1.17 bits per heavy atom. The highest BCUT2D eigenvalue weighted by atomic mass is 28.4. The zero-order chi connectivity index (χ0) is 13.6. The van der Waals surface area contributed by atoms with Gasteiger partial charge in [0.15, 0.2) is 5.73 Å². The van der Waals surface area contributed by atoms with Gasteiger partial charge in [0.2, 0.25) is 0 Å². The number of hydrogen-bond donors (Lipinski definition) is 1. The highest BCUT2D eigenvalue weighted by Gasteiger charge is 2.48. The number of ether oxygens (including phenoxy) is 1. The lowest BCUT2D eigenvalue weighted by Gasteiger charge is -2.31. The Balaban J connectivity index is 2.90. The molecule has 102 valence electrons. The van der Waals surface area contributed by atoms with E-state index in [2.05, 4.69) is 0 Å². The average molecular weight is 271 g/mol. The highest BCUT2D eigenvalue weighted by Crippen LogP contribution is 2.23. The van der Waals surface area contributed by atoms with Gasteiger partial charge >= 0.3 is 8.80 Å². The second-order valence-corrected chi connectivity index (χ2v) is 6.88. The van der Waals surface area contributed by atoms with Crippen LogP contribution in [0.5, 0.6) is 5.75 Å². The molecular weight excluding hydrogens is 250 g/mol. The van der Waals surface area contributed by atoms with Crippen LogP contribution in [0, 0.1) is 0 Å². The van der Waals surface area contributed by atoms with Gasteiger partial charge in [0.25, 0.3) is 0 Å². The molecular formula is C12H21NO4Si. The topological polar surface area (TPSA) is 62.9 Å². The number of rotatable bonds is 7. The van der Waals surface area contributed by atoms with Crippen molar-refractivity contribution < 1.29 is 18.0 Å². The first-order chi connectivity index (χ1) is 8.61. The molecule has 0 aliphatic rings. The number of hydrogen-bond acceptors (Lipinski definition) is 5.